The summed E-state index contributed by atoms with van der Waals surface area (Å²) in [4.78, 5) is 12.2. The van der Waals surface area contributed by atoms with Crippen LogP contribution in [0.1, 0.15) is 28.4 Å². The normalized spacial score (nSPS) is 10.6. The highest BCUT2D eigenvalue weighted by atomic mass is 16.5. The van der Waals surface area contributed by atoms with Crippen LogP contribution >= 0.6 is 0 Å². The molecule has 0 aliphatic carbocycles. The lowest BCUT2D eigenvalue weighted by Crippen LogP contribution is -2.17. The Bertz CT molecular complexity index is 905. The molecular weight excluding hydrogens is 350 g/mol. The Morgan fingerprint density at radius 2 is 1.68 bits per heavy atom. The van der Waals surface area contributed by atoms with Gasteiger partial charge in [-0.25, -0.2) is 5.43 Å². The first-order chi connectivity index (χ1) is 13.7. The van der Waals surface area contributed by atoms with E-state index in [0.29, 0.717) is 18.7 Å². The summed E-state index contributed by atoms with van der Waals surface area (Å²) in [6.45, 7) is 3.27. The second-order valence-electron chi connectivity index (χ2n) is 6.12. The third kappa shape index (κ3) is 5.71. The molecule has 0 atom stereocenters. The van der Waals surface area contributed by atoms with Crippen LogP contribution in [0.5, 0.6) is 5.75 Å². The fourth-order valence-electron chi connectivity index (χ4n) is 2.58. The van der Waals surface area contributed by atoms with Crippen molar-refractivity contribution in [1.29, 1.82) is 0 Å². The number of para-hydroxylation sites is 1. The van der Waals surface area contributed by atoms with Crippen LogP contribution in [0, 0.1) is 0 Å². The van der Waals surface area contributed by atoms with E-state index in [1.54, 1.807) is 18.3 Å². The van der Waals surface area contributed by atoms with Gasteiger partial charge in [0.05, 0.1) is 12.8 Å². The monoisotopic (exact) mass is 373 g/mol. The predicted molar refractivity (Wildman–Crippen MR) is 113 cm³/mol. The van der Waals surface area contributed by atoms with Crippen LogP contribution in [-0.2, 0) is 6.54 Å². The molecule has 0 fully saturated rings. The van der Waals surface area contributed by atoms with E-state index in [-0.39, 0.29) is 5.91 Å². The molecule has 0 aromatic heterocycles. The predicted octanol–water partition coefficient (Wildman–Crippen LogP) is 4.46. The summed E-state index contributed by atoms with van der Waals surface area (Å²) in [7, 11) is 0. The summed E-state index contributed by atoms with van der Waals surface area (Å²) < 4.78 is 5.39. The van der Waals surface area contributed by atoms with Gasteiger partial charge in [-0.3, -0.25) is 4.79 Å². The zero-order chi connectivity index (χ0) is 19.6. The maximum absolute atomic E-state index is 12.2. The molecule has 3 aromatic rings. The van der Waals surface area contributed by atoms with Gasteiger partial charge in [0.15, 0.2) is 0 Å². The second-order valence-corrected chi connectivity index (χ2v) is 6.12. The van der Waals surface area contributed by atoms with Gasteiger partial charge in [-0.15, -0.1) is 0 Å². The van der Waals surface area contributed by atoms with Crippen molar-refractivity contribution in [2.24, 2.45) is 5.10 Å². The van der Waals surface area contributed by atoms with Crippen molar-refractivity contribution < 1.29 is 9.53 Å². The molecule has 0 saturated heterocycles. The van der Waals surface area contributed by atoms with Crippen LogP contribution in [0.25, 0.3) is 0 Å². The summed E-state index contributed by atoms with van der Waals surface area (Å²) >= 11 is 0. The van der Waals surface area contributed by atoms with E-state index < -0.39 is 0 Å². The molecular formula is C23H23N3O2. The Labute approximate surface area is 165 Å². The first-order valence-electron chi connectivity index (χ1n) is 9.19. The summed E-state index contributed by atoms with van der Waals surface area (Å²) in [5.41, 5.74) is 6.15. The summed E-state index contributed by atoms with van der Waals surface area (Å²) in [6, 6.07) is 25.0. The molecule has 3 aromatic carbocycles. The number of anilines is 1. The molecule has 0 aliphatic heterocycles. The number of rotatable bonds is 8. The van der Waals surface area contributed by atoms with Gasteiger partial charge in [-0.05, 0) is 66.6 Å². The molecule has 142 valence electrons. The molecule has 28 heavy (non-hydrogen) atoms. The number of carbonyl (C=O) groups excluding carboxylic acids is 1. The van der Waals surface area contributed by atoms with Crippen molar-refractivity contribution in [2.75, 3.05) is 11.9 Å². The molecule has 2 N–H and O–H groups in total. The van der Waals surface area contributed by atoms with Gasteiger partial charge >= 0.3 is 0 Å². The molecule has 0 saturated carbocycles. The summed E-state index contributed by atoms with van der Waals surface area (Å²) in [6.07, 6.45) is 1.60. The molecule has 1 amide bonds. The Morgan fingerprint density at radius 3 is 2.36 bits per heavy atom. The number of amides is 1. The number of carbonyl (C=O) groups is 1. The van der Waals surface area contributed by atoms with E-state index in [1.807, 2.05) is 73.7 Å². The molecule has 3 rings (SSSR count). The molecule has 0 heterocycles. The number of nitrogens with one attached hydrogen (secondary N) is 2. The Balaban J connectivity index is 1.50. The molecule has 0 bridgehead atoms. The lowest BCUT2D eigenvalue weighted by molar-refractivity contribution is 0.0955. The quantitative estimate of drug-likeness (QED) is 0.453. The van der Waals surface area contributed by atoms with Gasteiger partial charge in [0, 0.05) is 17.8 Å². The van der Waals surface area contributed by atoms with E-state index in [1.165, 1.54) is 0 Å². The van der Waals surface area contributed by atoms with E-state index >= 15 is 0 Å². The van der Waals surface area contributed by atoms with Crippen molar-refractivity contribution in [3.63, 3.8) is 0 Å². The van der Waals surface area contributed by atoms with Crippen LogP contribution in [0.3, 0.4) is 0 Å². The zero-order valence-electron chi connectivity index (χ0n) is 15.8. The summed E-state index contributed by atoms with van der Waals surface area (Å²) in [5.74, 6) is 0.565. The van der Waals surface area contributed by atoms with Crippen LogP contribution in [0.15, 0.2) is 84.0 Å². The molecule has 0 radical (unpaired) electrons. The van der Waals surface area contributed by atoms with Crippen molar-refractivity contribution in [1.82, 2.24) is 5.43 Å². The Hall–Kier alpha value is -3.60. The molecule has 5 nitrogen and oxygen atoms in total. The van der Waals surface area contributed by atoms with E-state index in [9.17, 15) is 4.79 Å². The van der Waals surface area contributed by atoms with E-state index in [2.05, 4.69) is 15.8 Å². The number of nitrogens with zero attached hydrogens (tertiary/aromatic N) is 1. The summed E-state index contributed by atoms with van der Waals surface area (Å²) in [5, 5.41) is 7.36. The third-order valence-corrected chi connectivity index (χ3v) is 4.06. The average molecular weight is 373 g/mol. The lowest BCUT2D eigenvalue weighted by Gasteiger charge is -2.07. The van der Waals surface area contributed by atoms with Crippen LogP contribution in [-0.4, -0.2) is 18.7 Å². The minimum atomic E-state index is -0.246. The van der Waals surface area contributed by atoms with E-state index in [4.69, 9.17) is 4.74 Å². The van der Waals surface area contributed by atoms with Crippen LogP contribution in [0.2, 0.25) is 0 Å². The number of hydrazone groups is 1. The highest BCUT2D eigenvalue weighted by Crippen LogP contribution is 2.11. The maximum Gasteiger partial charge on any atom is 0.271 e. The Morgan fingerprint density at radius 1 is 0.964 bits per heavy atom. The molecule has 0 spiro atoms. The van der Waals surface area contributed by atoms with Crippen molar-refractivity contribution in [3.05, 3.63) is 95.6 Å². The highest BCUT2D eigenvalue weighted by Gasteiger charge is 2.04. The number of hydrogen-bond donors (Lipinski definition) is 2. The first kappa shape index (κ1) is 19.2. The topological polar surface area (TPSA) is 62.7 Å². The SMILES string of the molecule is CCOc1ccc(/C=N/NC(=O)c2ccc(CNc3ccccc3)cc2)cc1. The third-order valence-electron chi connectivity index (χ3n) is 4.06. The van der Waals surface area contributed by atoms with Crippen molar-refractivity contribution in [3.8, 4) is 5.75 Å². The van der Waals surface area contributed by atoms with Gasteiger partial charge in [-0.1, -0.05) is 30.3 Å². The minimum Gasteiger partial charge on any atom is -0.494 e. The lowest BCUT2D eigenvalue weighted by atomic mass is 10.1. The minimum absolute atomic E-state index is 0.246. The van der Waals surface area contributed by atoms with E-state index in [0.717, 1.165) is 22.6 Å². The van der Waals surface area contributed by atoms with Crippen LogP contribution < -0.4 is 15.5 Å². The average Bonchev–Trinajstić information content (AvgIpc) is 2.75. The second kappa shape index (κ2) is 9.92. The van der Waals surface area contributed by atoms with Gasteiger partial charge in [-0.2, -0.15) is 5.10 Å². The molecule has 0 unspecified atom stereocenters. The molecule has 5 heteroatoms. The number of hydrogen-bond acceptors (Lipinski definition) is 4. The highest BCUT2D eigenvalue weighted by molar-refractivity contribution is 5.94. The molecule has 0 aliphatic rings. The van der Waals surface area contributed by atoms with Crippen molar-refractivity contribution >= 4 is 17.8 Å². The van der Waals surface area contributed by atoms with Gasteiger partial charge in [0.2, 0.25) is 0 Å². The van der Waals surface area contributed by atoms with Gasteiger partial charge in [0.1, 0.15) is 5.75 Å². The Kier molecular flexibility index (Phi) is 6.79. The van der Waals surface area contributed by atoms with Gasteiger partial charge in [0.25, 0.3) is 5.91 Å². The first-order valence-corrected chi connectivity index (χ1v) is 9.19. The standard InChI is InChI=1S/C23H23N3O2/c1-2-28-22-14-10-19(11-15-22)17-25-26-23(27)20-12-8-18(9-13-20)16-24-21-6-4-3-5-7-21/h3-15,17,24H,2,16H2,1H3,(H,26,27)/b25-17+. The fraction of sp³-hybridized carbons (Fsp3) is 0.130. The number of ether oxygens (including phenoxy) is 1. The fourth-order valence-corrected chi connectivity index (χ4v) is 2.58. The van der Waals surface area contributed by atoms with Gasteiger partial charge < -0.3 is 10.1 Å². The maximum atomic E-state index is 12.2. The smallest absolute Gasteiger partial charge is 0.271 e. The zero-order valence-corrected chi connectivity index (χ0v) is 15.8. The number of benzene rings is 3. The van der Waals surface area contributed by atoms with Crippen LogP contribution in [0.4, 0.5) is 5.69 Å². The largest absolute Gasteiger partial charge is 0.494 e. The van der Waals surface area contributed by atoms with Crippen molar-refractivity contribution in [2.45, 2.75) is 13.5 Å².